The number of hydrogen-bond donors (Lipinski definition) is 3. The zero-order chi connectivity index (χ0) is 15.4. The van der Waals surface area contributed by atoms with Crippen molar-refractivity contribution in [3.8, 4) is 0 Å². The molecule has 6 heteroatoms. The molecule has 0 aliphatic rings. The molecular weight excluding hydrogens is 268 g/mol. The molecule has 4 N–H and O–H groups in total. The first kappa shape index (κ1) is 14.8. The van der Waals surface area contributed by atoms with Crippen LogP contribution in [0.5, 0.6) is 0 Å². The summed E-state index contributed by atoms with van der Waals surface area (Å²) in [7, 11) is 1.78. The van der Waals surface area contributed by atoms with Crippen molar-refractivity contribution in [2.75, 3.05) is 12.4 Å². The molecule has 1 atom stereocenters. The zero-order valence-corrected chi connectivity index (χ0v) is 12.0. The van der Waals surface area contributed by atoms with E-state index >= 15 is 0 Å². The third kappa shape index (κ3) is 3.28. The number of carbonyl (C=O) groups excluding carboxylic acids is 2. The van der Waals surface area contributed by atoms with Crippen molar-refractivity contribution >= 4 is 28.4 Å². The maximum absolute atomic E-state index is 12.3. The van der Waals surface area contributed by atoms with E-state index in [4.69, 9.17) is 5.73 Å². The Bertz CT molecular complexity index is 684. The number of fused-ring (bicyclic) bond motifs is 1. The molecule has 6 nitrogen and oxygen atoms in total. The van der Waals surface area contributed by atoms with Crippen molar-refractivity contribution in [2.45, 2.75) is 19.4 Å². The van der Waals surface area contributed by atoms with Gasteiger partial charge < -0.3 is 16.4 Å². The number of pyridine rings is 1. The first-order valence-corrected chi connectivity index (χ1v) is 6.67. The van der Waals surface area contributed by atoms with Gasteiger partial charge >= 0.3 is 0 Å². The van der Waals surface area contributed by atoms with Crippen LogP contribution in [0, 0.1) is 0 Å². The molecule has 0 aliphatic carbocycles. The summed E-state index contributed by atoms with van der Waals surface area (Å²) >= 11 is 0. The van der Waals surface area contributed by atoms with Crippen molar-refractivity contribution in [1.29, 1.82) is 0 Å². The molecule has 0 spiro atoms. The molecule has 0 saturated heterocycles. The standard InChI is InChI=1S/C15H18N4O2/c1-9(7-13(16)20)19-15(21)12-8-18-14(17-2)11-6-4-3-5-10(11)12/h3-6,8-9H,7H2,1-2H3,(H2,16,20)(H,17,18)(H,19,21). The smallest absolute Gasteiger partial charge is 0.253 e. The van der Waals surface area contributed by atoms with Gasteiger partial charge in [-0.2, -0.15) is 0 Å². The number of primary amides is 1. The number of anilines is 1. The van der Waals surface area contributed by atoms with Gasteiger partial charge in [-0.15, -0.1) is 0 Å². The molecule has 1 aromatic carbocycles. The fraction of sp³-hybridized carbons (Fsp3) is 0.267. The van der Waals surface area contributed by atoms with Crippen molar-refractivity contribution < 1.29 is 9.59 Å². The normalized spacial score (nSPS) is 11.9. The number of amides is 2. The van der Waals surface area contributed by atoms with Crippen LogP contribution in [0.25, 0.3) is 10.8 Å². The Labute approximate surface area is 122 Å². The van der Waals surface area contributed by atoms with Crippen LogP contribution >= 0.6 is 0 Å². The Morgan fingerprint density at radius 2 is 1.95 bits per heavy atom. The van der Waals surface area contributed by atoms with Gasteiger partial charge in [-0.05, 0) is 12.3 Å². The topological polar surface area (TPSA) is 97.1 Å². The van der Waals surface area contributed by atoms with Crippen LogP contribution < -0.4 is 16.4 Å². The summed E-state index contributed by atoms with van der Waals surface area (Å²) in [6.07, 6.45) is 1.63. The second-order valence-electron chi connectivity index (χ2n) is 4.86. The highest BCUT2D eigenvalue weighted by Crippen LogP contribution is 2.24. The van der Waals surface area contributed by atoms with Crippen LogP contribution in [0.1, 0.15) is 23.7 Å². The van der Waals surface area contributed by atoms with E-state index in [9.17, 15) is 9.59 Å². The van der Waals surface area contributed by atoms with Gasteiger partial charge in [0.05, 0.1) is 5.56 Å². The lowest BCUT2D eigenvalue weighted by Crippen LogP contribution is -2.35. The van der Waals surface area contributed by atoms with E-state index in [1.807, 2.05) is 24.3 Å². The second-order valence-corrected chi connectivity index (χ2v) is 4.86. The SMILES string of the molecule is CNc1ncc(C(=O)NC(C)CC(N)=O)c2ccccc12. The number of aromatic nitrogens is 1. The number of hydrogen-bond acceptors (Lipinski definition) is 4. The average molecular weight is 286 g/mol. The molecular formula is C15H18N4O2. The van der Waals surface area contributed by atoms with Gasteiger partial charge in [0.25, 0.3) is 5.91 Å². The van der Waals surface area contributed by atoms with Crippen LogP contribution in [0.4, 0.5) is 5.82 Å². The minimum absolute atomic E-state index is 0.103. The Morgan fingerprint density at radius 3 is 2.57 bits per heavy atom. The number of nitrogens with zero attached hydrogens (tertiary/aromatic N) is 1. The van der Waals surface area contributed by atoms with Crippen LogP contribution in [0.3, 0.4) is 0 Å². The van der Waals surface area contributed by atoms with Gasteiger partial charge in [-0.3, -0.25) is 9.59 Å². The molecule has 0 radical (unpaired) electrons. The van der Waals surface area contributed by atoms with Crippen LogP contribution in [0.15, 0.2) is 30.5 Å². The minimum atomic E-state index is -0.448. The number of benzene rings is 1. The predicted molar refractivity (Wildman–Crippen MR) is 82.0 cm³/mol. The molecule has 21 heavy (non-hydrogen) atoms. The van der Waals surface area contributed by atoms with Crippen molar-refractivity contribution in [3.05, 3.63) is 36.0 Å². The molecule has 1 aromatic heterocycles. The third-order valence-electron chi connectivity index (χ3n) is 3.16. The summed E-state index contributed by atoms with van der Waals surface area (Å²) in [6, 6.07) is 7.20. The molecule has 2 amide bonds. The fourth-order valence-corrected chi connectivity index (χ4v) is 2.23. The summed E-state index contributed by atoms with van der Waals surface area (Å²) in [5, 5.41) is 7.43. The molecule has 110 valence electrons. The Morgan fingerprint density at radius 1 is 1.29 bits per heavy atom. The molecule has 2 aromatic rings. The van der Waals surface area contributed by atoms with Gasteiger partial charge in [-0.25, -0.2) is 4.98 Å². The monoisotopic (exact) mass is 286 g/mol. The molecule has 2 rings (SSSR count). The molecule has 0 saturated carbocycles. The summed E-state index contributed by atoms with van der Waals surface area (Å²) in [5.41, 5.74) is 5.60. The summed E-state index contributed by atoms with van der Waals surface area (Å²) in [4.78, 5) is 27.5. The molecule has 0 aliphatic heterocycles. The fourth-order valence-electron chi connectivity index (χ4n) is 2.23. The predicted octanol–water partition coefficient (Wildman–Crippen LogP) is 1.27. The highest BCUT2D eigenvalue weighted by molar-refractivity contribution is 6.09. The van der Waals surface area contributed by atoms with E-state index in [1.165, 1.54) is 6.20 Å². The first-order valence-electron chi connectivity index (χ1n) is 6.67. The van der Waals surface area contributed by atoms with E-state index in [-0.39, 0.29) is 18.4 Å². The summed E-state index contributed by atoms with van der Waals surface area (Å²) in [5.74, 6) is -0.00116. The number of rotatable bonds is 5. The van der Waals surface area contributed by atoms with Crippen LogP contribution in [-0.4, -0.2) is 29.9 Å². The quantitative estimate of drug-likeness (QED) is 0.771. The van der Waals surface area contributed by atoms with Crippen molar-refractivity contribution in [1.82, 2.24) is 10.3 Å². The summed E-state index contributed by atoms with van der Waals surface area (Å²) in [6.45, 7) is 1.74. The Hall–Kier alpha value is -2.63. The highest BCUT2D eigenvalue weighted by Gasteiger charge is 2.15. The maximum atomic E-state index is 12.3. The Kier molecular flexibility index (Phi) is 4.37. The van der Waals surface area contributed by atoms with Crippen LogP contribution in [-0.2, 0) is 4.79 Å². The third-order valence-corrected chi connectivity index (χ3v) is 3.16. The lowest BCUT2D eigenvalue weighted by molar-refractivity contribution is -0.118. The van der Waals surface area contributed by atoms with Crippen LogP contribution in [0.2, 0.25) is 0 Å². The van der Waals surface area contributed by atoms with E-state index in [2.05, 4.69) is 15.6 Å². The van der Waals surface area contributed by atoms with Crippen molar-refractivity contribution in [3.63, 3.8) is 0 Å². The number of nitrogens with one attached hydrogen (secondary N) is 2. The maximum Gasteiger partial charge on any atom is 0.253 e. The number of carbonyl (C=O) groups is 2. The first-order chi connectivity index (χ1) is 10.0. The van der Waals surface area contributed by atoms with Gasteiger partial charge in [0.15, 0.2) is 0 Å². The zero-order valence-electron chi connectivity index (χ0n) is 12.0. The lowest BCUT2D eigenvalue weighted by Gasteiger charge is -2.14. The van der Waals surface area contributed by atoms with Gasteiger partial charge in [-0.1, -0.05) is 24.3 Å². The van der Waals surface area contributed by atoms with Gasteiger partial charge in [0.1, 0.15) is 5.82 Å². The Balaban J connectivity index is 2.34. The van der Waals surface area contributed by atoms with E-state index in [0.717, 1.165) is 10.8 Å². The van der Waals surface area contributed by atoms with E-state index < -0.39 is 5.91 Å². The van der Waals surface area contributed by atoms with E-state index in [1.54, 1.807) is 14.0 Å². The molecule has 0 fully saturated rings. The van der Waals surface area contributed by atoms with Gasteiger partial charge in [0.2, 0.25) is 5.91 Å². The molecule has 0 bridgehead atoms. The molecule has 1 heterocycles. The number of nitrogens with two attached hydrogens (primary N) is 1. The molecule has 1 unspecified atom stereocenters. The minimum Gasteiger partial charge on any atom is -0.373 e. The van der Waals surface area contributed by atoms with Crippen molar-refractivity contribution in [2.24, 2.45) is 5.73 Å². The van der Waals surface area contributed by atoms with Gasteiger partial charge in [0, 0.05) is 31.1 Å². The lowest BCUT2D eigenvalue weighted by atomic mass is 10.1. The summed E-state index contributed by atoms with van der Waals surface area (Å²) < 4.78 is 0. The highest BCUT2D eigenvalue weighted by atomic mass is 16.2. The second kappa shape index (κ2) is 6.21. The largest absolute Gasteiger partial charge is 0.373 e. The van der Waals surface area contributed by atoms with E-state index in [0.29, 0.717) is 11.4 Å². The average Bonchev–Trinajstić information content (AvgIpc) is 2.44.